The average molecular weight is 272 g/mol. The van der Waals surface area contributed by atoms with Crippen molar-refractivity contribution < 1.29 is 5.11 Å². The van der Waals surface area contributed by atoms with E-state index in [1.54, 1.807) is 0 Å². The lowest BCUT2D eigenvalue weighted by atomic mass is 9.98. The quantitative estimate of drug-likeness (QED) is 0.906. The predicted molar refractivity (Wildman–Crippen MR) is 82.5 cm³/mol. The fourth-order valence-electron chi connectivity index (χ4n) is 3.16. The summed E-state index contributed by atoms with van der Waals surface area (Å²) in [5.74, 6) is 0. The summed E-state index contributed by atoms with van der Waals surface area (Å²) in [6.07, 6.45) is 6.89. The van der Waals surface area contributed by atoms with Crippen molar-refractivity contribution in [3.8, 4) is 0 Å². The highest BCUT2D eigenvalue weighted by atomic mass is 16.3. The van der Waals surface area contributed by atoms with Crippen molar-refractivity contribution in [2.75, 3.05) is 32.7 Å². The van der Waals surface area contributed by atoms with Crippen LogP contribution in [-0.2, 0) is 0 Å². The van der Waals surface area contributed by atoms with E-state index in [-0.39, 0.29) is 6.10 Å². The molecule has 3 nitrogen and oxygen atoms in total. The van der Waals surface area contributed by atoms with Crippen LogP contribution in [0, 0.1) is 0 Å². The molecule has 1 aromatic rings. The molecule has 0 unspecified atom stereocenters. The molecule has 2 saturated heterocycles. The van der Waals surface area contributed by atoms with Crippen molar-refractivity contribution in [3.63, 3.8) is 0 Å². The summed E-state index contributed by atoms with van der Waals surface area (Å²) in [7, 11) is 0. The molecule has 1 aromatic carbocycles. The minimum Gasteiger partial charge on any atom is -0.390 e. The summed E-state index contributed by atoms with van der Waals surface area (Å²) in [5, 5.41) is 9.36. The van der Waals surface area contributed by atoms with E-state index in [0.29, 0.717) is 6.04 Å². The highest BCUT2D eigenvalue weighted by molar-refractivity contribution is 5.48. The molecular weight excluding hydrogens is 248 g/mol. The first-order chi connectivity index (χ1) is 9.81. The first kappa shape index (κ1) is 13.8. The van der Waals surface area contributed by atoms with E-state index >= 15 is 0 Å². The lowest BCUT2D eigenvalue weighted by Crippen LogP contribution is -2.57. The zero-order chi connectivity index (χ0) is 13.8. The van der Waals surface area contributed by atoms with Gasteiger partial charge >= 0.3 is 0 Å². The van der Waals surface area contributed by atoms with E-state index in [1.807, 2.05) is 0 Å². The van der Waals surface area contributed by atoms with Crippen LogP contribution in [0.5, 0.6) is 0 Å². The van der Waals surface area contributed by atoms with Crippen LogP contribution >= 0.6 is 0 Å². The van der Waals surface area contributed by atoms with Crippen molar-refractivity contribution in [3.05, 3.63) is 42.0 Å². The molecule has 3 rings (SSSR count). The minimum atomic E-state index is -0.0677. The number of benzene rings is 1. The molecule has 2 aliphatic heterocycles. The van der Waals surface area contributed by atoms with Gasteiger partial charge in [0, 0.05) is 25.7 Å². The molecule has 3 heteroatoms. The zero-order valence-electron chi connectivity index (χ0n) is 12.0. The van der Waals surface area contributed by atoms with Gasteiger partial charge in [0.25, 0.3) is 0 Å². The first-order valence-electron chi connectivity index (χ1n) is 7.67. The molecule has 108 valence electrons. The minimum absolute atomic E-state index is 0.0677. The van der Waals surface area contributed by atoms with Crippen LogP contribution in [0.15, 0.2) is 36.4 Å². The molecule has 0 aromatic heterocycles. The maximum atomic E-state index is 9.36. The Bertz CT molecular complexity index is 432. The van der Waals surface area contributed by atoms with E-state index < -0.39 is 0 Å². The van der Waals surface area contributed by atoms with Gasteiger partial charge in [-0.3, -0.25) is 9.80 Å². The van der Waals surface area contributed by atoms with Crippen LogP contribution in [0.1, 0.15) is 18.4 Å². The number of β-amino-alcohol motifs (C(OH)–C–C–N with tert-alkyl or cyclic N) is 1. The molecule has 0 aliphatic carbocycles. The number of hydrogen-bond donors (Lipinski definition) is 1. The molecule has 2 heterocycles. The van der Waals surface area contributed by atoms with Gasteiger partial charge in [-0.15, -0.1) is 0 Å². The van der Waals surface area contributed by atoms with Gasteiger partial charge < -0.3 is 5.11 Å². The highest BCUT2D eigenvalue weighted by Crippen LogP contribution is 2.21. The fraction of sp³-hybridized carbons (Fsp3) is 0.529. The topological polar surface area (TPSA) is 26.7 Å². The Hall–Kier alpha value is -1.16. The molecular formula is C17H24N2O. The lowest BCUT2D eigenvalue weighted by Gasteiger charge is -2.45. The standard InChI is InChI=1S/C17H24N2O/c20-17-13-19(14-17)16-8-11-18(12-9-16)10-4-7-15-5-2-1-3-6-15/h1-7,16-17,20H,8-14H2. The van der Waals surface area contributed by atoms with Gasteiger partial charge in [-0.1, -0.05) is 42.5 Å². The molecule has 0 bridgehead atoms. The van der Waals surface area contributed by atoms with E-state index in [4.69, 9.17) is 0 Å². The Morgan fingerprint density at radius 2 is 1.80 bits per heavy atom. The van der Waals surface area contributed by atoms with Crippen LogP contribution in [0.25, 0.3) is 6.08 Å². The van der Waals surface area contributed by atoms with Crippen LogP contribution < -0.4 is 0 Å². The van der Waals surface area contributed by atoms with Crippen molar-refractivity contribution in [2.45, 2.75) is 25.0 Å². The maximum absolute atomic E-state index is 9.36. The molecule has 0 radical (unpaired) electrons. The van der Waals surface area contributed by atoms with Gasteiger partial charge in [-0.2, -0.15) is 0 Å². The number of piperidine rings is 1. The van der Waals surface area contributed by atoms with Crippen molar-refractivity contribution >= 4 is 6.08 Å². The van der Waals surface area contributed by atoms with Crippen LogP contribution in [-0.4, -0.2) is 59.8 Å². The highest BCUT2D eigenvalue weighted by Gasteiger charge is 2.32. The van der Waals surface area contributed by atoms with E-state index in [1.165, 1.54) is 31.5 Å². The van der Waals surface area contributed by atoms with Crippen LogP contribution in [0.3, 0.4) is 0 Å². The summed E-state index contributed by atoms with van der Waals surface area (Å²) in [4.78, 5) is 4.95. The monoisotopic (exact) mass is 272 g/mol. The second-order valence-electron chi connectivity index (χ2n) is 5.95. The number of likely N-dealkylation sites (tertiary alicyclic amines) is 2. The van der Waals surface area contributed by atoms with Gasteiger partial charge in [-0.25, -0.2) is 0 Å². The Labute approximate surface area is 121 Å². The smallest absolute Gasteiger partial charge is 0.0794 e. The Morgan fingerprint density at radius 1 is 1.10 bits per heavy atom. The third-order valence-corrected chi connectivity index (χ3v) is 4.44. The largest absolute Gasteiger partial charge is 0.390 e. The summed E-state index contributed by atoms with van der Waals surface area (Å²) < 4.78 is 0. The number of aliphatic hydroxyl groups is 1. The van der Waals surface area contributed by atoms with Crippen LogP contribution in [0.4, 0.5) is 0 Å². The Balaban J connectivity index is 1.39. The number of aliphatic hydroxyl groups excluding tert-OH is 1. The van der Waals surface area contributed by atoms with Gasteiger partial charge in [0.15, 0.2) is 0 Å². The van der Waals surface area contributed by atoms with Gasteiger partial charge in [0.05, 0.1) is 6.10 Å². The zero-order valence-corrected chi connectivity index (χ0v) is 12.0. The van der Waals surface area contributed by atoms with E-state index in [0.717, 1.165) is 19.6 Å². The SMILES string of the molecule is OC1CN(C2CCN(CC=Cc3ccccc3)CC2)C1. The van der Waals surface area contributed by atoms with E-state index in [2.05, 4.69) is 52.3 Å². The summed E-state index contributed by atoms with van der Waals surface area (Å²) in [6, 6.07) is 11.2. The second kappa shape index (κ2) is 6.53. The number of nitrogens with zero attached hydrogens (tertiary/aromatic N) is 2. The summed E-state index contributed by atoms with van der Waals surface area (Å²) >= 11 is 0. The number of hydrogen-bond acceptors (Lipinski definition) is 3. The Morgan fingerprint density at radius 3 is 2.45 bits per heavy atom. The molecule has 1 N–H and O–H groups in total. The molecule has 0 amide bonds. The van der Waals surface area contributed by atoms with Crippen molar-refractivity contribution in [1.82, 2.24) is 9.80 Å². The first-order valence-corrected chi connectivity index (χ1v) is 7.67. The summed E-state index contributed by atoms with van der Waals surface area (Å²) in [6.45, 7) is 5.17. The van der Waals surface area contributed by atoms with E-state index in [9.17, 15) is 5.11 Å². The van der Waals surface area contributed by atoms with Crippen molar-refractivity contribution in [2.24, 2.45) is 0 Å². The number of rotatable bonds is 4. The predicted octanol–water partition coefficient (Wildman–Crippen LogP) is 1.84. The molecule has 20 heavy (non-hydrogen) atoms. The second-order valence-corrected chi connectivity index (χ2v) is 5.95. The lowest BCUT2D eigenvalue weighted by molar-refractivity contribution is -0.0389. The van der Waals surface area contributed by atoms with Crippen LogP contribution in [0.2, 0.25) is 0 Å². The third kappa shape index (κ3) is 3.48. The molecule has 0 spiro atoms. The normalized spacial score (nSPS) is 23.2. The van der Waals surface area contributed by atoms with Gasteiger partial charge in [0.1, 0.15) is 0 Å². The average Bonchev–Trinajstić information content (AvgIpc) is 2.46. The molecule has 2 fully saturated rings. The molecule has 0 saturated carbocycles. The van der Waals surface area contributed by atoms with Crippen molar-refractivity contribution in [1.29, 1.82) is 0 Å². The third-order valence-electron chi connectivity index (χ3n) is 4.44. The fourth-order valence-corrected chi connectivity index (χ4v) is 3.16. The van der Waals surface area contributed by atoms with Gasteiger partial charge in [-0.05, 0) is 31.5 Å². The van der Waals surface area contributed by atoms with Gasteiger partial charge in [0.2, 0.25) is 0 Å². The maximum Gasteiger partial charge on any atom is 0.0794 e. The summed E-state index contributed by atoms with van der Waals surface area (Å²) in [5.41, 5.74) is 1.27. The Kier molecular flexibility index (Phi) is 4.51. The molecule has 0 atom stereocenters. The molecule has 2 aliphatic rings.